The molecule has 1 amide bonds. The highest BCUT2D eigenvalue weighted by Crippen LogP contribution is 2.27. The Morgan fingerprint density at radius 3 is 2.48 bits per heavy atom. The number of hydrogen-bond acceptors (Lipinski definition) is 2. The lowest BCUT2D eigenvalue weighted by molar-refractivity contribution is -0.129. The molecular weight excluding hydrogens is 260 g/mol. The third-order valence-electron chi connectivity index (χ3n) is 4.30. The van der Waals surface area contributed by atoms with Gasteiger partial charge < -0.3 is 10.2 Å². The van der Waals surface area contributed by atoms with Crippen LogP contribution >= 0.6 is 0 Å². The van der Waals surface area contributed by atoms with Crippen LogP contribution in [0.15, 0.2) is 24.3 Å². The fourth-order valence-corrected chi connectivity index (χ4v) is 2.62. The van der Waals surface area contributed by atoms with E-state index < -0.39 is 0 Å². The second kappa shape index (κ2) is 6.61. The largest absolute Gasteiger partial charge is 0.344 e. The number of benzene rings is 1. The Bertz CT molecular complexity index is 474. The number of amides is 1. The molecule has 0 aromatic heterocycles. The minimum atomic E-state index is -0.0331. The van der Waals surface area contributed by atoms with Gasteiger partial charge >= 0.3 is 0 Å². The van der Waals surface area contributed by atoms with Crippen LogP contribution in [-0.2, 0) is 10.2 Å². The number of aryl methyl sites for hydroxylation is 1. The molecule has 3 nitrogen and oxygen atoms in total. The Morgan fingerprint density at radius 1 is 1.29 bits per heavy atom. The van der Waals surface area contributed by atoms with Crippen molar-refractivity contribution in [3.05, 3.63) is 35.4 Å². The maximum atomic E-state index is 12.2. The van der Waals surface area contributed by atoms with E-state index in [2.05, 4.69) is 50.4 Å². The molecule has 2 rings (SSSR count). The molecule has 0 spiro atoms. The summed E-state index contributed by atoms with van der Waals surface area (Å²) < 4.78 is 0. The summed E-state index contributed by atoms with van der Waals surface area (Å²) in [6, 6.07) is 8.60. The molecule has 1 aliphatic rings. The summed E-state index contributed by atoms with van der Waals surface area (Å²) >= 11 is 0. The number of carbonyl (C=O) groups is 1. The molecule has 116 valence electrons. The molecule has 21 heavy (non-hydrogen) atoms. The van der Waals surface area contributed by atoms with Crippen LogP contribution in [0.2, 0.25) is 0 Å². The van der Waals surface area contributed by atoms with Crippen molar-refractivity contribution in [2.45, 2.75) is 39.0 Å². The van der Waals surface area contributed by atoms with Gasteiger partial charge in [-0.1, -0.05) is 43.7 Å². The maximum Gasteiger partial charge on any atom is 0.236 e. The van der Waals surface area contributed by atoms with Crippen LogP contribution in [-0.4, -0.2) is 37.5 Å². The molecule has 0 atom stereocenters. The van der Waals surface area contributed by atoms with Gasteiger partial charge in [-0.2, -0.15) is 0 Å². The molecule has 1 fully saturated rings. The predicted molar refractivity (Wildman–Crippen MR) is 87.4 cm³/mol. The lowest BCUT2D eigenvalue weighted by Crippen LogP contribution is -2.42. The Morgan fingerprint density at radius 2 is 1.90 bits per heavy atom. The second-order valence-corrected chi connectivity index (χ2v) is 7.07. The van der Waals surface area contributed by atoms with E-state index in [9.17, 15) is 4.79 Å². The van der Waals surface area contributed by atoms with Crippen LogP contribution in [0, 0.1) is 12.8 Å². The van der Waals surface area contributed by atoms with Crippen LogP contribution in [0.3, 0.4) is 0 Å². The van der Waals surface area contributed by atoms with Crippen molar-refractivity contribution in [1.82, 2.24) is 10.2 Å². The summed E-state index contributed by atoms with van der Waals surface area (Å²) in [7, 11) is 1.90. The van der Waals surface area contributed by atoms with Gasteiger partial charge in [-0.05, 0) is 37.8 Å². The zero-order chi connectivity index (χ0) is 15.5. The number of likely N-dealkylation sites (N-methyl/N-ethyl adjacent to an activating group) is 1. The monoisotopic (exact) mass is 288 g/mol. The van der Waals surface area contributed by atoms with E-state index in [0.717, 1.165) is 19.0 Å². The van der Waals surface area contributed by atoms with Gasteiger partial charge in [0.15, 0.2) is 0 Å². The number of nitrogens with zero attached hydrogens (tertiary/aromatic N) is 1. The van der Waals surface area contributed by atoms with Gasteiger partial charge in [0.1, 0.15) is 0 Å². The number of nitrogens with one attached hydrogen (secondary N) is 1. The van der Waals surface area contributed by atoms with Crippen LogP contribution in [0.25, 0.3) is 0 Å². The van der Waals surface area contributed by atoms with Crippen molar-refractivity contribution < 1.29 is 4.79 Å². The van der Waals surface area contributed by atoms with Crippen LogP contribution in [0.1, 0.15) is 37.8 Å². The molecule has 1 saturated carbocycles. The minimum Gasteiger partial charge on any atom is -0.344 e. The lowest BCUT2D eigenvalue weighted by Gasteiger charge is -2.31. The normalized spacial score (nSPS) is 15.0. The van der Waals surface area contributed by atoms with E-state index in [4.69, 9.17) is 0 Å². The maximum absolute atomic E-state index is 12.2. The number of hydrogen-bond donors (Lipinski definition) is 1. The molecule has 0 bridgehead atoms. The fourth-order valence-electron chi connectivity index (χ4n) is 2.62. The van der Waals surface area contributed by atoms with E-state index in [0.29, 0.717) is 6.54 Å². The molecule has 1 aromatic rings. The second-order valence-electron chi connectivity index (χ2n) is 7.07. The molecule has 1 aromatic carbocycles. The first kappa shape index (κ1) is 16.0. The standard InChI is InChI=1S/C18H28N2O/c1-14-5-9-16(10-6-14)18(2,3)13-20(4)17(21)12-19-11-15-7-8-15/h5-6,9-10,15,19H,7-8,11-13H2,1-4H3. The van der Waals surface area contributed by atoms with Gasteiger partial charge in [0.25, 0.3) is 0 Å². The van der Waals surface area contributed by atoms with Crippen LogP contribution in [0.5, 0.6) is 0 Å². The first-order valence-electron chi connectivity index (χ1n) is 7.90. The first-order valence-corrected chi connectivity index (χ1v) is 7.90. The molecule has 0 heterocycles. The summed E-state index contributed by atoms with van der Waals surface area (Å²) in [5, 5.41) is 3.27. The van der Waals surface area contributed by atoms with Crippen LogP contribution < -0.4 is 5.32 Å². The summed E-state index contributed by atoms with van der Waals surface area (Å²) in [5.74, 6) is 0.989. The molecular formula is C18H28N2O. The lowest BCUT2D eigenvalue weighted by atomic mass is 9.84. The highest BCUT2D eigenvalue weighted by Gasteiger charge is 2.25. The van der Waals surface area contributed by atoms with E-state index >= 15 is 0 Å². The Labute approximate surface area is 128 Å². The van der Waals surface area contributed by atoms with Gasteiger partial charge in [-0.25, -0.2) is 0 Å². The summed E-state index contributed by atoms with van der Waals surface area (Å²) in [4.78, 5) is 14.0. The minimum absolute atomic E-state index is 0.0331. The third kappa shape index (κ3) is 4.85. The van der Waals surface area contributed by atoms with Crippen molar-refractivity contribution in [1.29, 1.82) is 0 Å². The molecule has 3 heteroatoms. The SMILES string of the molecule is Cc1ccc(C(C)(C)CN(C)C(=O)CNCC2CC2)cc1. The third-order valence-corrected chi connectivity index (χ3v) is 4.30. The molecule has 0 unspecified atom stereocenters. The highest BCUT2D eigenvalue weighted by atomic mass is 16.2. The van der Waals surface area contributed by atoms with Crippen molar-refractivity contribution >= 4 is 5.91 Å². The highest BCUT2D eigenvalue weighted by molar-refractivity contribution is 5.78. The number of carbonyl (C=O) groups excluding carboxylic acids is 1. The number of rotatable bonds is 7. The molecule has 1 aliphatic carbocycles. The van der Waals surface area contributed by atoms with E-state index in [1.807, 2.05) is 11.9 Å². The first-order chi connectivity index (χ1) is 9.88. The van der Waals surface area contributed by atoms with Gasteiger partial charge in [0, 0.05) is 19.0 Å². The van der Waals surface area contributed by atoms with Gasteiger partial charge in [0.05, 0.1) is 6.54 Å². The Balaban J connectivity index is 1.85. The Kier molecular flexibility index (Phi) is 5.04. The Hall–Kier alpha value is -1.35. The van der Waals surface area contributed by atoms with Gasteiger partial charge in [-0.3, -0.25) is 4.79 Å². The van der Waals surface area contributed by atoms with Gasteiger partial charge in [0.2, 0.25) is 5.91 Å². The molecule has 0 radical (unpaired) electrons. The smallest absolute Gasteiger partial charge is 0.236 e. The molecule has 0 aliphatic heterocycles. The van der Waals surface area contributed by atoms with Crippen molar-refractivity contribution in [2.75, 3.05) is 26.7 Å². The summed E-state index contributed by atoms with van der Waals surface area (Å²) in [6.07, 6.45) is 2.63. The van der Waals surface area contributed by atoms with Crippen molar-refractivity contribution in [3.8, 4) is 0 Å². The van der Waals surface area contributed by atoms with E-state index in [-0.39, 0.29) is 11.3 Å². The molecule has 1 N–H and O–H groups in total. The van der Waals surface area contributed by atoms with E-state index in [1.165, 1.54) is 24.0 Å². The quantitative estimate of drug-likeness (QED) is 0.836. The fraction of sp³-hybridized carbons (Fsp3) is 0.611. The molecule has 0 saturated heterocycles. The zero-order valence-electron chi connectivity index (χ0n) is 13.8. The average molecular weight is 288 g/mol. The zero-order valence-corrected chi connectivity index (χ0v) is 13.8. The topological polar surface area (TPSA) is 32.3 Å². The average Bonchev–Trinajstić information content (AvgIpc) is 3.22. The summed E-state index contributed by atoms with van der Waals surface area (Å²) in [6.45, 7) is 8.66. The predicted octanol–water partition coefficient (Wildman–Crippen LogP) is 2.73. The van der Waals surface area contributed by atoms with Crippen LogP contribution in [0.4, 0.5) is 0 Å². The van der Waals surface area contributed by atoms with Crippen molar-refractivity contribution in [3.63, 3.8) is 0 Å². The van der Waals surface area contributed by atoms with Crippen molar-refractivity contribution in [2.24, 2.45) is 5.92 Å². The van der Waals surface area contributed by atoms with E-state index in [1.54, 1.807) is 0 Å². The summed E-state index contributed by atoms with van der Waals surface area (Å²) in [5.41, 5.74) is 2.51. The van der Waals surface area contributed by atoms with Gasteiger partial charge in [-0.15, -0.1) is 0 Å².